The van der Waals surface area contributed by atoms with Gasteiger partial charge in [-0.05, 0) is 43.2 Å². The monoisotopic (exact) mass is 372 g/mol. The Hall–Kier alpha value is -3.28. The van der Waals surface area contributed by atoms with E-state index in [9.17, 15) is 18.4 Å². The van der Waals surface area contributed by atoms with E-state index < -0.39 is 23.6 Å². The lowest BCUT2D eigenvalue weighted by atomic mass is 10.0. The van der Waals surface area contributed by atoms with Crippen LogP contribution in [-0.4, -0.2) is 11.9 Å². The second-order valence-electron chi connectivity index (χ2n) is 5.99. The van der Waals surface area contributed by atoms with Gasteiger partial charge < -0.3 is 9.47 Å². The number of esters is 2. The number of benzene rings is 2. The van der Waals surface area contributed by atoms with Crippen LogP contribution in [0.4, 0.5) is 8.78 Å². The molecular weight excluding hydrogens is 354 g/mol. The summed E-state index contributed by atoms with van der Waals surface area (Å²) in [5, 5.41) is 0. The van der Waals surface area contributed by atoms with Crippen molar-refractivity contribution in [2.45, 2.75) is 20.5 Å². The van der Waals surface area contributed by atoms with Crippen molar-refractivity contribution in [1.29, 1.82) is 0 Å². The average molecular weight is 372 g/mol. The molecule has 0 heterocycles. The molecule has 27 heavy (non-hydrogen) atoms. The second kappa shape index (κ2) is 8.40. The molecule has 0 aromatic heterocycles. The molecular formula is C21H18F2O4. The quantitative estimate of drug-likeness (QED) is 0.418. The number of rotatable bonds is 6. The topological polar surface area (TPSA) is 52.6 Å². The second-order valence-corrected chi connectivity index (χ2v) is 5.99. The maximum Gasteiger partial charge on any atom is 0.338 e. The first kappa shape index (κ1) is 20.0. The maximum atomic E-state index is 14.4. The lowest BCUT2D eigenvalue weighted by molar-refractivity contribution is -0.140. The molecule has 2 aromatic carbocycles. The van der Waals surface area contributed by atoms with Crippen LogP contribution in [0.15, 0.2) is 60.7 Å². The SMILES string of the molecule is C=C(C)C(=O)OCc1ccc(-c2ccc(OC(=O)C(=C)C)c(F)c2)c(F)c1. The number of halogens is 2. The van der Waals surface area contributed by atoms with Crippen molar-refractivity contribution < 1.29 is 27.8 Å². The predicted molar refractivity (Wildman–Crippen MR) is 96.9 cm³/mol. The zero-order chi connectivity index (χ0) is 20.1. The summed E-state index contributed by atoms with van der Waals surface area (Å²) < 4.78 is 38.4. The van der Waals surface area contributed by atoms with Crippen molar-refractivity contribution in [1.82, 2.24) is 0 Å². The van der Waals surface area contributed by atoms with Gasteiger partial charge in [-0.25, -0.2) is 18.4 Å². The van der Waals surface area contributed by atoms with E-state index in [0.29, 0.717) is 5.56 Å². The number of hydrogen-bond acceptors (Lipinski definition) is 4. The van der Waals surface area contributed by atoms with E-state index in [-0.39, 0.29) is 34.6 Å². The Labute approximate surface area is 155 Å². The fourth-order valence-electron chi connectivity index (χ4n) is 2.09. The van der Waals surface area contributed by atoms with Crippen LogP contribution in [0.2, 0.25) is 0 Å². The van der Waals surface area contributed by atoms with Crippen molar-refractivity contribution in [3.05, 3.63) is 77.9 Å². The van der Waals surface area contributed by atoms with Crippen LogP contribution in [0, 0.1) is 11.6 Å². The highest BCUT2D eigenvalue weighted by Gasteiger charge is 2.14. The van der Waals surface area contributed by atoms with E-state index in [1.165, 1.54) is 38.1 Å². The molecule has 140 valence electrons. The van der Waals surface area contributed by atoms with Crippen molar-refractivity contribution in [2.24, 2.45) is 0 Å². The summed E-state index contributed by atoms with van der Waals surface area (Å²) in [6, 6.07) is 7.97. The molecule has 0 aliphatic rings. The number of hydrogen-bond donors (Lipinski definition) is 0. The van der Waals surface area contributed by atoms with Crippen molar-refractivity contribution in [2.75, 3.05) is 0 Å². The van der Waals surface area contributed by atoms with Crippen LogP contribution in [0.5, 0.6) is 5.75 Å². The average Bonchev–Trinajstić information content (AvgIpc) is 2.61. The number of carbonyl (C=O) groups is 2. The molecule has 0 saturated heterocycles. The first-order valence-corrected chi connectivity index (χ1v) is 7.97. The van der Waals surface area contributed by atoms with E-state index in [1.807, 2.05) is 0 Å². The first-order valence-electron chi connectivity index (χ1n) is 7.97. The van der Waals surface area contributed by atoms with Gasteiger partial charge in [0.2, 0.25) is 0 Å². The normalized spacial score (nSPS) is 10.2. The highest BCUT2D eigenvalue weighted by molar-refractivity contribution is 5.89. The Kier molecular flexibility index (Phi) is 6.23. The van der Waals surface area contributed by atoms with Gasteiger partial charge in [-0.3, -0.25) is 0 Å². The van der Waals surface area contributed by atoms with Gasteiger partial charge in [0.1, 0.15) is 12.4 Å². The molecule has 0 N–H and O–H groups in total. The third-order valence-electron chi connectivity index (χ3n) is 3.55. The van der Waals surface area contributed by atoms with Gasteiger partial charge >= 0.3 is 11.9 Å². The third-order valence-corrected chi connectivity index (χ3v) is 3.55. The Morgan fingerprint density at radius 1 is 0.926 bits per heavy atom. The summed E-state index contributed by atoms with van der Waals surface area (Å²) in [7, 11) is 0. The standard InChI is InChI=1S/C21H18F2O4/c1-12(2)20(24)26-11-14-5-7-16(17(22)9-14)15-6-8-19(18(23)10-15)27-21(25)13(3)4/h5-10H,1,3,11H2,2,4H3. The van der Waals surface area contributed by atoms with Gasteiger partial charge in [0, 0.05) is 16.7 Å². The summed E-state index contributed by atoms with van der Waals surface area (Å²) in [4.78, 5) is 22.9. The molecule has 0 unspecified atom stereocenters. The maximum absolute atomic E-state index is 14.4. The Balaban J connectivity index is 2.19. The van der Waals surface area contributed by atoms with Crippen LogP contribution in [0.25, 0.3) is 11.1 Å². The molecule has 6 heteroatoms. The Morgan fingerprint density at radius 3 is 2.15 bits per heavy atom. The van der Waals surface area contributed by atoms with Crippen molar-refractivity contribution in [3.63, 3.8) is 0 Å². The minimum absolute atomic E-state index is 0.104. The summed E-state index contributed by atoms with van der Waals surface area (Å²) in [6.07, 6.45) is 0. The largest absolute Gasteiger partial charge is 0.457 e. The van der Waals surface area contributed by atoms with Gasteiger partial charge in [0.15, 0.2) is 11.6 Å². The van der Waals surface area contributed by atoms with E-state index >= 15 is 0 Å². The molecule has 0 radical (unpaired) electrons. The minimum atomic E-state index is -0.805. The van der Waals surface area contributed by atoms with Gasteiger partial charge in [-0.2, -0.15) is 0 Å². The Morgan fingerprint density at radius 2 is 1.59 bits per heavy atom. The lowest BCUT2D eigenvalue weighted by Crippen LogP contribution is -2.09. The number of carbonyl (C=O) groups excluding carboxylic acids is 2. The molecule has 2 aromatic rings. The van der Waals surface area contributed by atoms with Gasteiger partial charge in [-0.1, -0.05) is 31.4 Å². The predicted octanol–water partition coefficient (Wildman–Crippen LogP) is 4.73. The summed E-state index contributed by atoms with van der Waals surface area (Å²) >= 11 is 0. The van der Waals surface area contributed by atoms with Crippen LogP contribution in [0.3, 0.4) is 0 Å². The molecule has 0 aliphatic heterocycles. The van der Waals surface area contributed by atoms with E-state index in [2.05, 4.69) is 13.2 Å². The zero-order valence-corrected chi connectivity index (χ0v) is 15.0. The van der Waals surface area contributed by atoms with Crippen molar-refractivity contribution >= 4 is 11.9 Å². The van der Waals surface area contributed by atoms with E-state index in [0.717, 1.165) is 6.07 Å². The lowest BCUT2D eigenvalue weighted by Gasteiger charge is -2.10. The van der Waals surface area contributed by atoms with Gasteiger partial charge in [-0.15, -0.1) is 0 Å². The fourth-order valence-corrected chi connectivity index (χ4v) is 2.09. The number of ether oxygens (including phenoxy) is 2. The summed E-state index contributed by atoms with van der Waals surface area (Å²) in [6.45, 7) is 9.73. The molecule has 0 bridgehead atoms. The van der Waals surface area contributed by atoms with Gasteiger partial charge in [0.05, 0.1) is 0 Å². The first-order chi connectivity index (χ1) is 12.7. The Bertz CT molecular complexity index is 932. The van der Waals surface area contributed by atoms with Crippen LogP contribution >= 0.6 is 0 Å². The molecule has 0 spiro atoms. The third kappa shape index (κ3) is 5.10. The molecule has 2 rings (SSSR count). The molecule has 0 fully saturated rings. The van der Waals surface area contributed by atoms with Crippen LogP contribution < -0.4 is 4.74 Å². The van der Waals surface area contributed by atoms with E-state index in [4.69, 9.17) is 9.47 Å². The van der Waals surface area contributed by atoms with Crippen LogP contribution in [-0.2, 0) is 20.9 Å². The smallest absolute Gasteiger partial charge is 0.338 e. The minimum Gasteiger partial charge on any atom is -0.457 e. The summed E-state index contributed by atoms with van der Waals surface area (Å²) in [5.41, 5.74) is 1.24. The molecule has 0 amide bonds. The molecule has 0 aliphatic carbocycles. The highest BCUT2D eigenvalue weighted by atomic mass is 19.1. The molecule has 0 saturated carbocycles. The van der Waals surface area contributed by atoms with E-state index in [1.54, 1.807) is 6.07 Å². The zero-order valence-electron chi connectivity index (χ0n) is 15.0. The summed E-state index contributed by atoms with van der Waals surface area (Å²) in [5.74, 6) is -3.00. The molecule has 4 nitrogen and oxygen atoms in total. The fraction of sp³-hybridized carbons (Fsp3) is 0.143. The molecule has 0 atom stereocenters. The van der Waals surface area contributed by atoms with Gasteiger partial charge in [0.25, 0.3) is 0 Å². The van der Waals surface area contributed by atoms with Crippen LogP contribution in [0.1, 0.15) is 19.4 Å². The van der Waals surface area contributed by atoms with Crippen molar-refractivity contribution in [3.8, 4) is 16.9 Å². The highest BCUT2D eigenvalue weighted by Crippen LogP contribution is 2.28.